The van der Waals surface area contributed by atoms with Gasteiger partial charge in [0.05, 0.1) is 7.05 Å². The van der Waals surface area contributed by atoms with Gasteiger partial charge in [-0.05, 0) is 13.0 Å². The molecule has 88 valence electrons. The summed E-state index contributed by atoms with van der Waals surface area (Å²) in [5, 5.41) is 11.8. The van der Waals surface area contributed by atoms with Crippen LogP contribution >= 0.6 is 0 Å². The molecule has 1 heterocycles. The number of primary amides is 1. The van der Waals surface area contributed by atoms with Gasteiger partial charge in [-0.15, -0.1) is 0 Å². The van der Waals surface area contributed by atoms with Gasteiger partial charge in [-0.1, -0.05) is 0 Å². The molecule has 0 saturated heterocycles. The Hall–Kier alpha value is -2.44. The summed E-state index contributed by atoms with van der Waals surface area (Å²) in [6.07, 6.45) is 1.13. The van der Waals surface area contributed by atoms with Crippen LogP contribution in [0.25, 0.3) is 0 Å². The first-order chi connectivity index (χ1) is 7.86. The van der Waals surface area contributed by atoms with E-state index >= 15 is 0 Å². The monoisotopic (exact) mass is 235 g/mol. The molecule has 0 atom stereocenters. The van der Waals surface area contributed by atoms with Crippen LogP contribution in [0.15, 0.2) is 11.6 Å². The quantitative estimate of drug-likeness (QED) is 0.501. The molecule has 0 fully saturated rings. The summed E-state index contributed by atoms with van der Waals surface area (Å²) in [5.41, 5.74) is 4.75. The number of ketones is 2. The van der Waals surface area contributed by atoms with Crippen molar-refractivity contribution in [2.75, 3.05) is 0 Å². The topological polar surface area (TPSA) is 109 Å². The minimum atomic E-state index is -0.991. The molecule has 7 heteroatoms. The van der Waals surface area contributed by atoms with Crippen LogP contribution in [0, 0.1) is 5.21 Å². The molecule has 0 radical (unpaired) electrons. The SMILES string of the molecule is CC1=CC(=O)c2c([n+]([O-])c(C(N)=O)n2C)C1=O. The van der Waals surface area contributed by atoms with Gasteiger partial charge < -0.3 is 10.9 Å². The lowest BCUT2D eigenvalue weighted by atomic mass is 9.99. The summed E-state index contributed by atoms with van der Waals surface area (Å²) in [5.74, 6) is -2.48. The lowest BCUT2D eigenvalue weighted by molar-refractivity contribution is -0.609. The highest BCUT2D eigenvalue weighted by atomic mass is 16.5. The number of nitrogens with zero attached hydrogens (tertiary/aromatic N) is 2. The van der Waals surface area contributed by atoms with Crippen molar-refractivity contribution in [3.05, 3.63) is 34.1 Å². The molecule has 1 amide bonds. The number of nitrogens with two attached hydrogens (primary N) is 1. The smallest absolute Gasteiger partial charge is 0.351 e. The molecule has 17 heavy (non-hydrogen) atoms. The summed E-state index contributed by atoms with van der Waals surface area (Å²) in [6, 6.07) is 0. The van der Waals surface area contributed by atoms with Gasteiger partial charge in [0.2, 0.25) is 23.0 Å². The first-order valence-corrected chi connectivity index (χ1v) is 4.75. The molecule has 1 aliphatic carbocycles. The Morgan fingerprint density at radius 3 is 2.59 bits per heavy atom. The fourth-order valence-corrected chi connectivity index (χ4v) is 1.87. The summed E-state index contributed by atoms with van der Waals surface area (Å²) < 4.78 is 1.17. The number of hydrogen-bond donors (Lipinski definition) is 1. The highest BCUT2D eigenvalue weighted by molar-refractivity contribution is 6.22. The van der Waals surface area contributed by atoms with Gasteiger partial charge in [0.25, 0.3) is 0 Å². The average Bonchev–Trinajstić information content (AvgIpc) is 2.47. The van der Waals surface area contributed by atoms with Gasteiger partial charge in [-0.25, -0.2) is 9.30 Å². The van der Waals surface area contributed by atoms with Crippen LogP contribution in [0.3, 0.4) is 0 Å². The fourth-order valence-electron chi connectivity index (χ4n) is 1.87. The van der Waals surface area contributed by atoms with Crippen molar-refractivity contribution < 1.29 is 19.1 Å². The minimum absolute atomic E-state index is 0.107. The normalized spacial score (nSPS) is 14.6. The third-order valence-corrected chi connectivity index (χ3v) is 2.65. The van der Waals surface area contributed by atoms with Crippen molar-refractivity contribution in [3.63, 3.8) is 0 Å². The van der Waals surface area contributed by atoms with Crippen molar-refractivity contribution in [1.82, 2.24) is 4.57 Å². The number of carbonyl (C=O) groups is 3. The number of fused-ring (bicyclic) bond motifs is 1. The molecule has 1 aliphatic rings. The summed E-state index contributed by atoms with van der Waals surface area (Å²) in [7, 11) is 1.34. The summed E-state index contributed by atoms with van der Waals surface area (Å²) in [6.45, 7) is 1.43. The first-order valence-electron chi connectivity index (χ1n) is 4.75. The molecule has 1 aromatic rings. The lowest BCUT2D eigenvalue weighted by Crippen LogP contribution is -2.41. The van der Waals surface area contributed by atoms with Gasteiger partial charge >= 0.3 is 11.7 Å². The maximum atomic E-state index is 11.8. The predicted molar refractivity (Wildman–Crippen MR) is 55.3 cm³/mol. The third kappa shape index (κ3) is 1.28. The van der Waals surface area contributed by atoms with Crippen molar-refractivity contribution >= 4 is 17.5 Å². The van der Waals surface area contributed by atoms with Crippen molar-refractivity contribution in [1.29, 1.82) is 0 Å². The zero-order chi connectivity index (χ0) is 12.9. The number of imidazole rings is 1. The molecule has 2 rings (SSSR count). The molecule has 2 N–H and O–H groups in total. The molecule has 0 spiro atoms. The Balaban J connectivity index is 2.85. The first kappa shape index (κ1) is 11.1. The number of allylic oxidation sites excluding steroid dienone is 2. The highest BCUT2D eigenvalue weighted by Gasteiger charge is 2.39. The summed E-state index contributed by atoms with van der Waals surface area (Å²) >= 11 is 0. The van der Waals surface area contributed by atoms with E-state index in [2.05, 4.69) is 0 Å². The Labute approximate surface area is 95.7 Å². The fraction of sp³-hybridized carbons (Fsp3) is 0.200. The van der Waals surface area contributed by atoms with Gasteiger partial charge in [-0.2, -0.15) is 0 Å². The molecule has 0 aliphatic heterocycles. The van der Waals surface area contributed by atoms with E-state index in [1.807, 2.05) is 0 Å². The van der Waals surface area contributed by atoms with Crippen LogP contribution in [0.5, 0.6) is 0 Å². The number of aromatic nitrogens is 2. The van der Waals surface area contributed by atoms with E-state index in [1.54, 1.807) is 0 Å². The van der Waals surface area contributed by atoms with E-state index in [0.717, 1.165) is 10.6 Å². The van der Waals surface area contributed by atoms with Crippen LogP contribution in [-0.4, -0.2) is 22.0 Å². The Bertz CT molecular complexity index is 610. The van der Waals surface area contributed by atoms with E-state index in [0.29, 0.717) is 0 Å². The van der Waals surface area contributed by atoms with Gasteiger partial charge in [0, 0.05) is 5.57 Å². The molecule has 0 aromatic carbocycles. The van der Waals surface area contributed by atoms with E-state index in [4.69, 9.17) is 5.73 Å². The van der Waals surface area contributed by atoms with Crippen molar-refractivity contribution in [2.45, 2.75) is 6.92 Å². The zero-order valence-electron chi connectivity index (χ0n) is 9.18. The maximum absolute atomic E-state index is 11.8. The average molecular weight is 235 g/mol. The Morgan fingerprint density at radius 2 is 2.06 bits per heavy atom. The van der Waals surface area contributed by atoms with Crippen molar-refractivity contribution in [2.24, 2.45) is 12.8 Å². The Morgan fingerprint density at radius 1 is 1.47 bits per heavy atom. The largest absolute Gasteiger partial charge is 0.710 e. The van der Waals surface area contributed by atoms with Gasteiger partial charge in [0.15, 0.2) is 0 Å². The lowest BCUT2D eigenvalue weighted by Gasteiger charge is -2.07. The number of carbonyl (C=O) groups excluding carboxylic acids is 3. The van der Waals surface area contributed by atoms with E-state index in [-0.39, 0.29) is 21.7 Å². The standard InChI is InChI=1S/C10H9N3O4/c1-4-3-5(14)6-7(8(4)15)13(17)10(9(11)16)12(6)2/h3H,1-2H3,(H2,11,16). The van der Waals surface area contributed by atoms with Crippen LogP contribution < -0.4 is 10.5 Å². The molecule has 0 unspecified atom stereocenters. The van der Waals surface area contributed by atoms with Crippen LogP contribution in [-0.2, 0) is 7.05 Å². The Kier molecular flexibility index (Phi) is 2.13. The second-order valence-corrected chi connectivity index (χ2v) is 3.76. The number of hydrogen-bond acceptors (Lipinski definition) is 4. The third-order valence-electron chi connectivity index (χ3n) is 2.65. The maximum Gasteiger partial charge on any atom is 0.351 e. The minimum Gasteiger partial charge on any atom is -0.710 e. The van der Waals surface area contributed by atoms with Crippen molar-refractivity contribution in [3.8, 4) is 0 Å². The highest BCUT2D eigenvalue weighted by Crippen LogP contribution is 2.19. The molecule has 1 aromatic heterocycles. The number of Topliss-reactive ketones (excluding diaryl/α,β-unsaturated/α-hetero) is 1. The van der Waals surface area contributed by atoms with Crippen LogP contribution in [0.4, 0.5) is 0 Å². The molecule has 0 saturated carbocycles. The van der Waals surface area contributed by atoms with Crippen LogP contribution in [0.1, 0.15) is 38.5 Å². The molecular weight excluding hydrogens is 226 g/mol. The molecule has 7 nitrogen and oxygen atoms in total. The molecular formula is C10H9N3O4. The number of amides is 1. The van der Waals surface area contributed by atoms with Crippen LogP contribution in [0.2, 0.25) is 0 Å². The van der Waals surface area contributed by atoms with Gasteiger partial charge in [0.1, 0.15) is 0 Å². The molecule has 0 bridgehead atoms. The second-order valence-electron chi connectivity index (χ2n) is 3.76. The second kappa shape index (κ2) is 3.27. The predicted octanol–water partition coefficient (Wildman–Crippen LogP) is -0.917. The van der Waals surface area contributed by atoms with E-state index in [1.165, 1.54) is 14.0 Å². The number of rotatable bonds is 1. The van der Waals surface area contributed by atoms with E-state index < -0.39 is 23.3 Å². The van der Waals surface area contributed by atoms with E-state index in [9.17, 15) is 19.6 Å². The summed E-state index contributed by atoms with van der Waals surface area (Å²) in [4.78, 5) is 34.6. The van der Waals surface area contributed by atoms with Gasteiger partial charge in [-0.3, -0.25) is 14.4 Å². The zero-order valence-corrected chi connectivity index (χ0v) is 9.18.